The number of aryl methyl sites for hydroxylation is 1. The lowest BCUT2D eigenvalue weighted by molar-refractivity contribution is -0.142. The molecule has 0 heterocycles. The van der Waals surface area contributed by atoms with E-state index in [9.17, 15) is 9.59 Å². The van der Waals surface area contributed by atoms with E-state index in [1.807, 2.05) is 6.92 Å². The van der Waals surface area contributed by atoms with Crippen LogP contribution < -0.4 is 10.6 Å². The van der Waals surface area contributed by atoms with E-state index in [4.69, 9.17) is 11.6 Å². The summed E-state index contributed by atoms with van der Waals surface area (Å²) in [4.78, 5) is 22.7. The summed E-state index contributed by atoms with van der Waals surface area (Å²) >= 11 is 5.93. The van der Waals surface area contributed by atoms with Crippen LogP contribution in [0, 0.1) is 6.92 Å². The van der Waals surface area contributed by atoms with Crippen molar-refractivity contribution in [3.05, 3.63) is 28.8 Å². The second kappa shape index (κ2) is 6.26. The molecule has 2 amide bonds. The molecule has 1 rings (SSSR count). The molecular formula is C12H15ClN2O3. The molecule has 18 heavy (non-hydrogen) atoms. The normalized spacial score (nSPS) is 11.6. The smallest absolute Gasteiger partial charge is 0.328 e. The standard InChI is InChI=1S/C12H15ClN2O3/c1-7-4-5-9(6-10(7)13)15-12(17)14-8(2)11(16)18-3/h4-6,8H,1-3H3,(H2,14,15,17)/t8-/m0/s1. The predicted octanol–water partition coefficient (Wildman–Crippen LogP) is 2.33. The van der Waals surface area contributed by atoms with Crippen LogP contribution >= 0.6 is 11.6 Å². The zero-order chi connectivity index (χ0) is 13.7. The van der Waals surface area contributed by atoms with Gasteiger partial charge in [-0.25, -0.2) is 9.59 Å². The van der Waals surface area contributed by atoms with Crippen LogP contribution in [-0.2, 0) is 9.53 Å². The first kappa shape index (κ1) is 14.3. The molecule has 0 fully saturated rings. The van der Waals surface area contributed by atoms with E-state index in [1.54, 1.807) is 18.2 Å². The maximum absolute atomic E-state index is 11.6. The zero-order valence-corrected chi connectivity index (χ0v) is 11.2. The Labute approximate surface area is 110 Å². The number of nitrogens with one attached hydrogen (secondary N) is 2. The minimum absolute atomic E-state index is 0.493. The van der Waals surface area contributed by atoms with Crippen molar-refractivity contribution in [3.8, 4) is 0 Å². The third-order valence-corrected chi connectivity index (χ3v) is 2.74. The molecule has 1 aromatic rings. The summed E-state index contributed by atoms with van der Waals surface area (Å²) in [7, 11) is 1.26. The van der Waals surface area contributed by atoms with Crippen molar-refractivity contribution in [1.29, 1.82) is 0 Å². The van der Waals surface area contributed by atoms with Gasteiger partial charge in [0.1, 0.15) is 6.04 Å². The molecule has 0 saturated heterocycles. The van der Waals surface area contributed by atoms with Gasteiger partial charge in [0, 0.05) is 10.7 Å². The maximum Gasteiger partial charge on any atom is 0.328 e. The topological polar surface area (TPSA) is 67.4 Å². The van der Waals surface area contributed by atoms with Crippen LogP contribution in [-0.4, -0.2) is 25.2 Å². The molecule has 1 aromatic carbocycles. The number of amides is 2. The van der Waals surface area contributed by atoms with Crippen LogP contribution in [0.25, 0.3) is 0 Å². The highest BCUT2D eigenvalue weighted by molar-refractivity contribution is 6.31. The molecule has 5 nitrogen and oxygen atoms in total. The Kier molecular flexibility index (Phi) is 4.97. The lowest BCUT2D eigenvalue weighted by Crippen LogP contribution is -2.41. The monoisotopic (exact) mass is 270 g/mol. The molecule has 0 aliphatic rings. The fourth-order valence-electron chi connectivity index (χ4n) is 1.27. The molecule has 98 valence electrons. The SMILES string of the molecule is COC(=O)[C@H](C)NC(=O)Nc1ccc(C)c(Cl)c1. The van der Waals surface area contributed by atoms with Gasteiger partial charge >= 0.3 is 12.0 Å². The van der Waals surface area contributed by atoms with Gasteiger partial charge in [-0.1, -0.05) is 17.7 Å². The van der Waals surface area contributed by atoms with Crippen LogP contribution in [0.1, 0.15) is 12.5 Å². The van der Waals surface area contributed by atoms with Gasteiger partial charge in [0.25, 0.3) is 0 Å². The third-order valence-electron chi connectivity index (χ3n) is 2.33. The quantitative estimate of drug-likeness (QED) is 0.829. The number of methoxy groups -OCH3 is 1. The van der Waals surface area contributed by atoms with E-state index < -0.39 is 18.0 Å². The first-order chi connectivity index (χ1) is 8.43. The minimum Gasteiger partial charge on any atom is -0.467 e. The molecule has 1 atom stereocenters. The highest BCUT2D eigenvalue weighted by atomic mass is 35.5. The van der Waals surface area contributed by atoms with Gasteiger partial charge in [0.15, 0.2) is 0 Å². The van der Waals surface area contributed by atoms with Crippen LogP contribution in [0.3, 0.4) is 0 Å². The molecule has 6 heteroatoms. The number of rotatable bonds is 3. The van der Waals surface area contributed by atoms with E-state index in [0.717, 1.165) is 5.56 Å². The van der Waals surface area contributed by atoms with Gasteiger partial charge in [0.2, 0.25) is 0 Å². The maximum atomic E-state index is 11.6. The van der Waals surface area contributed by atoms with E-state index in [-0.39, 0.29) is 0 Å². The average Bonchev–Trinajstić information content (AvgIpc) is 2.32. The average molecular weight is 271 g/mol. The number of carbonyl (C=O) groups is 2. The second-order valence-corrected chi connectivity index (χ2v) is 4.21. The Hall–Kier alpha value is -1.75. The van der Waals surface area contributed by atoms with E-state index in [1.165, 1.54) is 14.0 Å². The molecule has 0 bridgehead atoms. The molecule has 0 saturated carbocycles. The van der Waals surface area contributed by atoms with Crippen molar-refractivity contribution < 1.29 is 14.3 Å². The van der Waals surface area contributed by atoms with E-state index in [0.29, 0.717) is 10.7 Å². The molecule has 0 radical (unpaired) electrons. The molecule has 0 spiro atoms. The Morgan fingerprint density at radius 3 is 2.61 bits per heavy atom. The largest absolute Gasteiger partial charge is 0.467 e. The molecule has 0 aromatic heterocycles. The Bertz CT molecular complexity index is 463. The van der Waals surface area contributed by atoms with Gasteiger partial charge in [0.05, 0.1) is 7.11 Å². The molecule has 2 N–H and O–H groups in total. The van der Waals surface area contributed by atoms with Gasteiger partial charge in [-0.2, -0.15) is 0 Å². The Balaban J connectivity index is 2.59. The predicted molar refractivity (Wildman–Crippen MR) is 69.8 cm³/mol. The Morgan fingerprint density at radius 2 is 2.06 bits per heavy atom. The summed E-state index contributed by atoms with van der Waals surface area (Å²) in [5.41, 5.74) is 1.48. The Morgan fingerprint density at radius 1 is 1.39 bits per heavy atom. The summed E-state index contributed by atoms with van der Waals surface area (Å²) in [6.45, 7) is 3.40. The molecular weight excluding hydrogens is 256 g/mol. The zero-order valence-electron chi connectivity index (χ0n) is 10.4. The van der Waals surface area contributed by atoms with Crippen LogP contribution in [0.4, 0.5) is 10.5 Å². The van der Waals surface area contributed by atoms with Gasteiger partial charge in [-0.05, 0) is 31.5 Å². The van der Waals surface area contributed by atoms with Crippen molar-refractivity contribution >= 4 is 29.3 Å². The number of urea groups is 1. The number of hydrogen-bond acceptors (Lipinski definition) is 3. The summed E-state index contributed by atoms with van der Waals surface area (Å²) in [5, 5.41) is 5.59. The van der Waals surface area contributed by atoms with Gasteiger partial charge < -0.3 is 15.4 Å². The van der Waals surface area contributed by atoms with Crippen molar-refractivity contribution in [3.63, 3.8) is 0 Å². The highest BCUT2D eigenvalue weighted by Crippen LogP contribution is 2.19. The summed E-state index contributed by atoms with van der Waals surface area (Å²) in [6, 6.07) is 3.95. The van der Waals surface area contributed by atoms with Crippen molar-refractivity contribution in [2.75, 3.05) is 12.4 Å². The first-order valence-corrected chi connectivity index (χ1v) is 5.73. The molecule has 0 aliphatic heterocycles. The van der Waals surface area contributed by atoms with Gasteiger partial charge in [-0.15, -0.1) is 0 Å². The summed E-state index contributed by atoms with van der Waals surface area (Å²) in [6.07, 6.45) is 0. The fraction of sp³-hybridized carbons (Fsp3) is 0.333. The number of anilines is 1. The second-order valence-electron chi connectivity index (χ2n) is 3.81. The number of ether oxygens (including phenoxy) is 1. The molecule has 0 aliphatic carbocycles. The van der Waals surface area contributed by atoms with Crippen LogP contribution in [0.5, 0.6) is 0 Å². The van der Waals surface area contributed by atoms with Crippen molar-refractivity contribution in [2.45, 2.75) is 19.9 Å². The van der Waals surface area contributed by atoms with E-state index >= 15 is 0 Å². The van der Waals surface area contributed by atoms with Crippen LogP contribution in [0.2, 0.25) is 5.02 Å². The van der Waals surface area contributed by atoms with Crippen molar-refractivity contribution in [1.82, 2.24) is 5.32 Å². The number of benzene rings is 1. The van der Waals surface area contributed by atoms with E-state index in [2.05, 4.69) is 15.4 Å². The molecule has 0 unspecified atom stereocenters. The summed E-state index contributed by atoms with van der Waals surface area (Å²) < 4.78 is 4.50. The number of hydrogen-bond donors (Lipinski definition) is 2. The van der Waals surface area contributed by atoms with Crippen LogP contribution in [0.15, 0.2) is 18.2 Å². The third kappa shape index (κ3) is 3.92. The lowest BCUT2D eigenvalue weighted by Gasteiger charge is -2.12. The first-order valence-electron chi connectivity index (χ1n) is 5.35. The summed E-state index contributed by atoms with van der Waals surface area (Å²) in [5.74, 6) is -0.507. The van der Waals surface area contributed by atoms with Crippen molar-refractivity contribution in [2.24, 2.45) is 0 Å². The minimum atomic E-state index is -0.712. The lowest BCUT2D eigenvalue weighted by atomic mass is 10.2. The van der Waals surface area contributed by atoms with Gasteiger partial charge in [-0.3, -0.25) is 0 Å². The highest BCUT2D eigenvalue weighted by Gasteiger charge is 2.15. The number of halogens is 1. The number of esters is 1. The number of carbonyl (C=O) groups excluding carboxylic acids is 2. The fourth-order valence-corrected chi connectivity index (χ4v) is 1.45.